The number of nitrogens with one attached hydrogen (secondary N) is 1. The van der Waals surface area contributed by atoms with E-state index in [1.165, 1.54) is 0 Å². The molecular formula is C23H22BrN3O4. The van der Waals surface area contributed by atoms with Crippen LogP contribution < -0.4 is 10.1 Å². The molecule has 0 aromatic heterocycles. The van der Waals surface area contributed by atoms with E-state index < -0.39 is 17.5 Å². The predicted octanol–water partition coefficient (Wildman–Crippen LogP) is 4.07. The summed E-state index contributed by atoms with van der Waals surface area (Å²) >= 11 is 3.52. The molecule has 0 bridgehead atoms. The van der Waals surface area contributed by atoms with Crippen LogP contribution in [0.1, 0.15) is 29.9 Å². The van der Waals surface area contributed by atoms with Crippen molar-refractivity contribution in [2.75, 3.05) is 18.5 Å². The first-order valence-electron chi connectivity index (χ1n) is 10.3. The molecule has 7 nitrogen and oxygen atoms in total. The highest BCUT2D eigenvalue weighted by atomic mass is 79.9. The summed E-state index contributed by atoms with van der Waals surface area (Å²) in [5, 5.41) is 15.6. The molecule has 3 aliphatic heterocycles. The van der Waals surface area contributed by atoms with E-state index in [1.54, 1.807) is 6.08 Å². The van der Waals surface area contributed by atoms with Gasteiger partial charge in [0.25, 0.3) is 11.9 Å². The number of fused-ring (bicyclic) bond motifs is 4. The summed E-state index contributed by atoms with van der Waals surface area (Å²) in [5.74, 6) is -0.212. The van der Waals surface area contributed by atoms with Gasteiger partial charge in [-0.05, 0) is 37.1 Å². The van der Waals surface area contributed by atoms with Gasteiger partial charge in [-0.15, -0.1) is 0 Å². The van der Waals surface area contributed by atoms with Crippen molar-refractivity contribution >= 4 is 27.5 Å². The molecule has 2 aromatic carbocycles. The van der Waals surface area contributed by atoms with Crippen molar-refractivity contribution in [1.82, 2.24) is 4.90 Å². The standard InChI is InChI=1S/C23H22BrN3O4/c1-2-12-31-19-10-9-14(24)13-15(19)20-18-8-5-11-26(18)23(21(20)27(29)30)16-6-3-4-7-17(16)25-22(23)28/h2-4,6-7,9-10,13,18,20-21H,1,5,8,11-12H2,(H,25,28)/t18-,20+,21-,23-/m0/s1. The van der Waals surface area contributed by atoms with E-state index in [4.69, 9.17) is 4.74 Å². The van der Waals surface area contributed by atoms with Crippen molar-refractivity contribution in [3.63, 3.8) is 0 Å². The first-order valence-corrected chi connectivity index (χ1v) is 11.1. The van der Waals surface area contributed by atoms with E-state index in [0.29, 0.717) is 30.2 Å². The molecule has 8 heteroatoms. The molecule has 160 valence electrons. The molecule has 4 atom stereocenters. The van der Waals surface area contributed by atoms with Crippen LogP contribution in [-0.2, 0) is 10.3 Å². The van der Waals surface area contributed by atoms with E-state index in [1.807, 2.05) is 42.5 Å². The Kier molecular flexibility index (Phi) is 4.86. The fourth-order valence-electron chi connectivity index (χ4n) is 5.81. The molecule has 2 saturated heterocycles. The van der Waals surface area contributed by atoms with Gasteiger partial charge in [-0.3, -0.25) is 19.8 Å². The molecular weight excluding hydrogens is 462 g/mol. The summed E-state index contributed by atoms with van der Waals surface area (Å²) in [6.45, 7) is 4.65. The van der Waals surface area contributed by atoms with Crippen LogP contribution in [0.3, 0.4) is 0 Å². The highest BCUT2D eigenvalue weighted by Crippen LogP contribution is 2.59. The van der Waals surface area contributed by atoms with Crippen LogP contribution in [0.15, 0.2) is 59.6 Å². The Labute approximate surface area is 188 Å². The van der Waals surface area contributed by atoms with E-state index in [9.17, 15) is 14.9 Å². The number of rotatable bonds is 5. The summed E-state index contributed by atoms with van der Waals surface area (Å²) in [5.41, 5.74) is 0.774. The van der Waals surface area contributed by atoms with Crippen molar-refractivity contribution in [2.45, 2.75) is 36.4 Å². The number of ether oxygens (including phenoxy) is 1. The second-order valence-corrected chi connectivity index (χ2v) is 9.12. The Balaban J connectivity index is 1.74. The molecule has 2 aromatic rings. The van der Waals surface area contributed by atoms with Crippen LogP contribution in [0, 0.1) is 10.1 Å². The maximum atomic E-state index is 13.5. The number of carbonyl (C=O) groups excluding carboxylic acids is 1. The number of carbonyl (C=O) groups is 1. The topological polar surface area (TPSA) is 84.7 Å². The summed E-state index contributed by atoms with van der Waals surface area (Å²) in [6.07, 6.45) is 3.33. The summed E-state index contributed by atoms with van der Waals surface area (Å²) < 4.78 is 6.71. The Morgan fingerprint density at radius 2 is 2.16 bits per heavy atom. The van der Waals surface area contributed by atoms with Crippen LogP contribution in [0.25, 0.3) is 0 Å². The molecule has 0 unspecified atom stereocenters. The molecule has 3 aliphatic rings. The van der Waals surface area contributed by atoms with Crippen LogP contribution >= 0.6 is 15.9 Å². The number of benzene rings is 2. The molecule has 0 aliphatic carbocycles. The Morgan fingerprint density at radius 1 is 1.35 bits per heavy atom. The van der Waals surface area contributed by atoms with E-state index >= 15 is 0 Å². The lowest BCUT2D eigenvalue weighted by Gasteiger charge is -2.32. The molecule has 31 heavy (non-hydrogen) atoms. The number of anilines is 1. The third kappa shape index (κ3) is 2.78. The quantitative estimate of drug-likeness (QED) is 0.393. The normalized spacial score (nSPS) is 28.9. The number of nitro groups is 1. The number of halogens is 1. The number of amides is 1. The lowest BCUT2D eigenvalue weighted by atomic mass is 9.77. The van der Waals surface area contributed by atoms with Crippen LogP contribution in [0.4, 0.5) is 5.69 Å². The van der Waals surface area contributed by atoms with E-state index in [0.717, 1.165) is 22.9 Å². The summed E-state index contributed by atoms with van der Waals surface area (Å²) in [6, 6.07) is 11.6. The number of hydrogen-bond donors (Lipinski definition) is 1. The fraction of sp³-hybridized carbons (Fsp3) is 0.348. The highest BCUT2D eigenvalue weighted by Gasteiger charge is 2.73. The third-order valence-electron chi connectivity index (χ3n) is 6.78. The third-order valence-corrected chi connectivity index (χ3v) is 7.28. The van der Waals surface area contributed by atoms with Gasteiger partial charge in [-0.2, -0.15) is 0 Å². The van der Waals surface area contributed by atoms with Gasteiger partial charge < -0.3 is 10.1 Å². The zero-order valence-corrected chi connectivity index (χ0v) is 18.4. The molecule has 0 radical (unpaired) electrons. The molecule has 1 spiro atoms. The Morgan fingerprint density at radius 3 is 2.94 bits per heavy atom. The monoisotopic (exact) mass is 483 g/mol. The predicted molar refractivity (Wildman–Crippen MR) is 120 cm³/mol. The van der Waals surface area contributed by atoms with Crippen LogP contribution in [-0.4, -0.2) is 41.0 Å². The highest BCUT2D eigenvalue weighted by molar-refractivity contribution is 9.10. The van der Waals surface area contributed by atoms with Crippen molar-refractivity contribution < 1.29 is 14.5 Å². The van der Waals surface area contributed by atoms with Crippen molar-refractivity contribution in [2.24, 2.45) is 0 Å². The SMILES string of the molecule is C=CCOc1ccc(Br)cc1[C@H]1[C@H]([N+](=O)[O-])[C@@]2(C(=O)Nc3ccccc32)N2CCC[C@@H]12. The smallest absolute Gasteiger partial charge is 0.256 e. The van der Waals surface area contributed by atoms with Crippen molar-refractivity contribution in [1.29, 1.82) is 0 Å². The summed E-state index contributed by atoms with van der Waals surface area (Å²) in [7, 11) is 0. The molecule has 0 saturated carbocycles. The average Bonchev–Trinajstić information content (AvgIpc) is 3.40. The summed E-state index contributed by atoms with van der Waals surface area (Å²) in [4.78, 5) is 28.0. The van der Waals surface area contributed by atoms with Crippen molar-refractivity contribution in [3.05, 3.63) is 80.8 Å². The van der Waals surface area contributed by atoms with Crippen LogP contribution in [0.5, 0.6) is 5.75 Å². The minimum absolute atomic E-state index is 0.132. The lowest BCUT2D eigenvalue weighted by molar-refractivity contribution is -0.534. The van der Waals surface area contributed by atoms with E-state index in [2.05, 4.69) is 32.7 Å². The van der Waals surface area contributed by atoms with Gasteiger partial charge in [0.1, 0.15) is 12.4 Å². The van der Waals surface area contributed by atoms with Gasteiger partial charge in [0.15, 0.2) is 5.54 Å². The minimum atomic E-state index is -1.33. The largest absolute Gasteiger partial charge is 0.489 e. The first-order chi connectivity index (χ1) is 15.0. The molecule has 1 N–H and O–H groups in total. The minimum Gasteiger partial charge on any atom is -0.489 e. The van der Waals surface area contributed by atoms with E-state index in [-0.39, 0.29) is 16.9 Å². The zero-order valence-electron chi connectivity index (χ0n) is 16.8. The second kappa shape index (κ2) is 7.46. The Hall–Kier alpha value is -2.71. The number of nitrogens with zero attached hydrogens (tertiary/aromatic N) is 2. The second-order valence-electron chi connectivity index (χ2n) is 8.21. The number of para-hydroxylation sites is 1. The maximum Gasteiger partial charge on any atom is 0.256 e. The van der Waals surface area contributed by atoms with Gasteiger partial charge >= 0.3 is 0 Å². The van der Waals surface area contributed by atoms with Gasteiger partial charge in [0.2, 0.25) is 0 Å². The average molecular weight is 484 g/mol. The van der Waals surface area contributed by atoms with Crippen molar-refractivity contribution in [3.8, 4) is 5.75 Å². The lowest BCUT2D eigenvalue weighted by Crippen LogP contribution is -2.55. The Bertz CT molecular complexity index is 1090. The molecule has 3 heterocycles. The maximum absolute atomic E-state index is 13.5. The van der Waals surface area contributed by atoms with Gasteiger partial charge in [0.05, 0.1) is 5.92 Å². The molecule has 1 amide bonds. The number of hydrogen-bond acceptors (Lipinski definition) is 5. The zero-order chi connectivity index (χ0) is 21.8. The van der Waals surface area contributed by atoms with Gasteiger partial charge in [0, 0.05) is 38.8 Å². The van der Waals surface area contributed by atoms with Crippen LogP contribution in [0.2, 0.25) is 0 Å². The van der Waals surface area contributed by atoms with Gasteiger partial charge in [-0.1, -0.05) is 46.8 Å². The van der Waals surface area contributed by atoms with Gasteiger partial charge in [-0.25, -0.2) is 0 Å². The first kappa shape index (κ1) is 20.2. The molecule has 5 rings (SSSR count). The fourth-order valence-corrected chi connectivity index (χ4v) is 6.19. The molecule has 2 fully saturated rings.